The van der Waals surface area contributed by atoms with E-state index >= 15 is 0 Å². The largest absolute Gasteiger partial charge is 0.395 e. The number of carbonyl (C=O) groups excluding carboxylic acids is 1. The van der Waals surface area contributed by atoms with Gasteiger partial charge in [0, 0.05) is 19.1 Å². The van der Waals surface area contributed by atoms with Crippen molar-refractivity contribution in [3.63, 3.8) is 0 Å². The average Bonchev–Trinajstić information content (AvgIpc) is 2.29. The Labute approximate surface area is 104 Å². The predicted octanol–water partition coefficient (Wildman–Crippen LogP) is 2.12. The number of aliphatic hydroxyl groups excluding tert-OH is 1. The SMILES string of the molecule is CCN(CCO)C(=O)NC1CCCCCCC1. The molecule has 17 heavy (non-hydrogen) atoms. The number of rotatable bonds is 4. The summed E-state index contributed by atoms with van der Waals surface area (Å²) in [6.07, 6.45) is 8.56. The fraction of sp³-hybridized carbons (Fsp3) is 0.923. The number of urea groups is 1. The Morgan fingerprint density at radius 1 is 1.24 bits per heavy atom. The van der Waals surface area contributed by atoms with Gasteiger partial charge in [-0.05, 0) is 19.8 Å². The van der Waals surface area contributed by atoms with Crippen LogP contribution >= 0.6 is 0 Å². The van der Waals surface area contributed by atoms with Gasteiger partial charge in [-0.15, -0.1) is 0 Å². The maximum absolute atomic E-state index is 11.9. The third-order valence-electron chi connectivity index (χ3n) is 3.47. The second kappa shape index (κ2) is 8.34. The third kappa shape index (κ3) is 5.39. The van der Waals surface area contributed by atoms with Gasteiger partial charge in [0.15, 0.2) is 0 Å². The van der Waals surface area contributed by atoms with Crippen LogP contribution in [0.2, 0.25) is 0 Å². The Kier molecular flexibility index (Phi) is 7.01. The lowest BCUT2D eigenvalue weighted by Gasteiger charge is -2.26. The summed E-state index contributed by atoms with van der Waals surface area (Å²) in [5.74, 6) is 0. The molecule has 0 heterocycles. The average molecular weight is 242 g/mol. The standard InChI is InChI=1S/C13H26N2O2/c1-2-15(10-11-16)13(17)14-12-8-6-4-3-5-7-9-12/h12,16H,2-11H2,1H3,(H,14,17). The second-order valence-corrected chi connectivity index (χ2v) is 4.79. The Morgan fingerprint density at radius 3 is 2.35 bits per heavy atom. The summed E-state index contributed by atoms with van der Waals surface area (Å²) in [5, 5.41) is 12.0. The minimum Gasteiger partial charge on any atom is -0.395 e. The highest BCUT2D eigenvalue weighted by atomic mass is 16.3. The number of hydrogen-bond donors (Lipinski definition) is 2. The smallest absolute Gasteiger partial charge is 0.317 e. The zero-order chi connectivity index (χ0) is 12.5. The van der Waals surface area contributed by atoms with Gasteiger partial charge in [-0.1, -0.05) is 32.1 Å². The molecule has 1 saturated carbocycles. The zero-order valence-electron chi connectivity index (χ0n) is 11.0. The van der Waals surface area contributed by atoms with Crippen LogP contribution in [0.25, 0.3) is 0 Å². The fourth-order valence-corrected chi connectivity index (χ4v) is 2.39. The van der Waals surface area contributed by atoms with Crippen LogP contribution in [0.5, 0.6) is 0 Å². The van der Waals surface area contributed by atoms with E-state index in [4.69, 9.17) is 5.11 Å². The van der Waals surface area contributed by atoms with Crippen molar-refractivity contribution >= 4 is 6.03 Å². The van der Waals surface area contributed by atoms with Crippen molar-refractivity contribution in [2.45, 2.75) is 57.9 Å². The highest BCUT2D eigenvalue weighted by Gasteiger charge is 2.17. The highest BCUT2D eigenvalue weighted by molar-refractivity contribution is 5.74. The number of nitrogens with one attached hydrogen (secondary N) is 1. The molecule has 100 valence electrons. The van der Waals surface area contributed by atoms with E-state index in [0.29, 0.717) is 19.1 Å². The van der Waals surface area contributed by atoms with E-state index in [1.807, 2.05) is 6.92 Å². The molecule has 0 spiro atoms. The molecule has 0 radical (unpaired) electrons. The molecule has 0 aromatic carbocycles. The van der Waals surface area contributed by atoms with E-state index < -0.39 is 0 Å². The van der Waals surface area contributed by atoms with Gasteiger partial charge in [0.2, 0.25) is 0 Å². The van der Waals surface area contributed by atoms with Crippen molar-refractivity contribution in [2.75, 3.05) is 19.7 Å². The van der Waals surface area contributed by atoms with Crippen molar-refractivity contribution in [3.05, 3.63) is 0 Å². The predicted molar refractivity (Wildman–Crippen MR) is 69.0 cm³/mol. The molecule has 0 aliphatic heterocycles. The molecular weight excluding hydrogens is 216 g/mol. The molecule has 1 rings (SSSR count). The number of likely N-dealkylation sites (N-methyl/N-ethyl adjacent to an activating group) is 1. The Morgan fingerprint density at radius 2 is 1.82 bits per heavy atom. The Hall–Kier alpha value is -0.770. The van der Waals surface area contributed by atoms with Crippen LogP contribution in [0.4, 0.5) is 4.79 Å². The number of amides is 2. The van der Waals surface area contributed by atoms with E-state index in [2.05, 4.69) is 5.32 Å². The summed E-state index contributed by atoms with van der Waals surface area (Å²) < 4.78 is 0. The monoisotopic (exact) mass is 242 g/mol. The molecule has 0 unspecified atom stereocenters. The lowest BCUT2D eigenvalue weighted by atomic mass is 9.97. The molecule has 2 N–H and O–H groups in total. The summed E-state index contributed by atoms with van der Waals surface area (Å²) >= 11 is 0. The van der Waals surface area contributed by atoms with Crippen LogP contribution in [0, 0.1) is 0 Å². The van der Waals surface area contributed by atoms with Gasteiger partial charge in [-0.3, -0.25) is 0 Å². The molecular formula is C13H26N2O2. The van der Waals surface area contributed by atoms with Gasteiger partial charge in [0.05, 0.1) is 6.61 Å². The van der Waals surface area contributed by atoms with Crippen molar-refractivity contribution < 1.29 is 9.90 Å². The van der Waals surface area contributed by atoms with Crippen LogP contribution < -0.4 is 5.32 Å². The maximum atomic E-state index is 11.9. The molecule has 4 nitrogen and oxygen atoms in total. The minimum absolute atomic E-state index is 0.0212. The zero-order valence-corrected chi connectivity index (χ0v) is 11.0. The van der Waals surface area contributed by atoms with Crippen LogP contribution in [-0.4, -0.2) is 41.8 Å². The third-order valence-corrected chi connectivity index (χ3v) is 3.47. The van der Waals surface area contributed by atoms with E-state index in [1.54, 1.807) is 4.90 Å². The van der Waals surface area contributed by atoms with Crippen LogP contribution in [0.1, 0.15) is 51.9 Å². The molecule has 1 fully saturated rings. The van der Waals surface area contributed by atoms with Gasteiger partial charge in [0.1, 0.15) is 0 Å². The van der Waals surface area contributed by atoms with Gasteiger partial charge in [-0.2, -0.15) is 0 Å². The molecule has 0 aromatic rings. The van der Waals surface area contributed by atoms with Gasteiger partial charge < -0.3 is 15.3 Å². The second-order valence-electron chi connectivity index (χ2n) is 4.79. The molecule has 0 bridgehead atoms. The van der Waals surface area contributed by atoms with E-state index in [-0.39, 0.29) is 12.6 Å². The molecule has 1 aliphatic rings. The van der Waals surface area contributed by atoms with Gasteiger partial charge in [-0.25, -0.2) is 4.79 Å². The number of aliphatic hydroxyl groups is 1. The molecule has 1 aliphatic carbocycles. The first kappa shape index (κ1) is 14.3. The molecule has 0 atom stereocenters. The van der Waals surface area contributed by atoms with Crippen LogP contribution in [0.3, 0.4) is 0 Å². The molecule has 4 heteroatoms. The fourth-order valence-electron chi connectivity index (χ4n) is 2.39. The topological polar surface area (TPSA) is 52.6 Å². The van der Waals surface area contributed by atoms with Crippen molar-refractivity contribution in [3.8, 4) is 0 Å². The first-order chi connectivity index (χ1) is 8.27. The molecule has 2 amide bonds. The lowest BCUT2D eigenvalue weighted by Crippen LogP contribution is -2.46. The van der Waals surface area contributed by atoms with Gasteiger partial charge in [0.25, 0.3) is 0 Å². The summed E-state index contributed by atoms with van der Waals surface area (Å²) in [5.41, 5.74) is 0. The minimum atomic E-state index is -0.0212. The molecule has 0 saturated heterocycles. The summed E-state index contributed by atoms with van der Waals surface area (Å²) in [4.78, 5) is 13.6. The maximum Gasteiger partial charge on any atom is 0.317 e. The highest BCUT2D eigenvalue weighted by Crippen LogP contribution is 2.17. The van der Waals surface area contributed by atoms with Gasteiger partial charge >= 0.3 is 6.03 Å². The van der Waals surface area contributed by atoms with Crippen molar-refractivity contribution in [1.29, 1.82) is 0 Å². The normalized spacial score (nSPS) is 18.2. The summed E-state index contributed by atoms with van der Waals surface area (Å²) in [6, 6.07) is 0.308. The number of carbonyl (C=O) groups is 1. The Bertz CT molecular complexity index is 213. The van der Waals surface area contributed by atoms with E-state index in [9.17, 15) is 4.79 Å². The van der Waals surface area contributed by atoms with Crippen molar-refractivity contribution in [2.24, 2.45) is 0 Å². The number of nitrogens with zero attached hydrogens (tertiary/aromatic N) is 1. The summed E-state index contributed by atoms with van der Waals surface area (Å²) in [7, 11) is 0. The van der Waals surface area contributed by atoms with Crippen LogP contribution in [0.15, 0.2) is 0 Å². The number of hydrogen-bond acceptors (Lipinski definition) is 2. The van der Waals surface area contributed by atoms with Crippen LogP contribution in [-0.2, 0) is 0 Å². The van der Waals surface area contributed by atoms with E-state index in [0.717, 1.165) is 12.8 Å². The Balaban J connectivity index is 2.36. The first-order valence-corrected chi connectivity index (χ1v) is 6.94. The van der Waals surface area contributed by atoms with Crippen molar-refractivity contribution in [1.82, 2.24) is 10.2 Å². The molecule has 0 aromatic heterocycles. The quantitative estimate of drug-likeness (QED) is 0.793. The van der Waals surface area contributed by atoms with E-state index in [1.165, 1.54) is 32.1 Å². The summed E-state index contributed by atoms with van der Waals surface area (Å²) in [6.45, 7) is 3.05. The first-order valence-electron chi connectivity index (χ1n) is 6.94. The lowest BCUT2D eigenvalue weighted by molar-refractivity contribution is 0.175.